The van der Waals surface area contributed by atoms with E-state index < -0.39 is 0 Å². The Hall–Kier alpha value is -2.04. The van der Waals surface area contributed by atoms with Crippen LogP contribution in [0, 0.1) is 0 Å². The van der Waals surface area contributed by atoms with Crippen LogP contribution < -0.4 is 5.43 Å². The molecule has 1 saturated heterocycles. The van der Waals surface area contributed by atoms with Crippen molar-refractivity contribution in [2.75, 3.05) is 6.54 Å². The van der Waals surface area contributed by atoms with Crippen LogP contribution in [0.1, 0.15) is 37.7 Å². The van der Waals surface area contributed by atoms with Crippen LogP contribution >= 0.6 is 0 Å². The van der Waals surface area contributed by atoms with Crippen molar-refractivity contribution in [3.63, 3.8) is 0 Å². The summed E-state index contributed by atoms with van der Waals surface area (Å²) < 4.78 is 0. The molecule has 5 heteroatoms. The summed E-state index contributed by atoms with van der Waals surface area (Å²) in [5.74, 6) is -0.101. The SMILES string of the molecule is O=C1CN(C2CCCCC2)C(=O)N(Cc2ccccc2)N1. The summed E-state index contributed by atoms with van der Waals surface area (Å²) in [6, 6.07) is 9.86. The zero-order valence-electron chi connectivity index (χ0n) is 12.1. The van der Waals surface area contributed by atoms with Gasteiger partial charge < -0.3 is 4.90 Å². The molecule has 0 unspecified atom stereocenters. The Kier molecular flexibility index (Phi) is 4.08. The summed E-state index contributed by atoms with van der Waals surface area (Å²) >= 11 is 0. The summed E-state index contributed by atoms with van der Waals surface area (Å²) in [6.07, 6.45) is 5.55. The maximum absolute atomic E-state index is 12.6. The fourth-order valence-electron chi connectivity index (χ4n) is 3.16. The van der Waals surface area contributed by atoms with Gasteiger partial charge in [0.15, 0.2) is 0 Å². The number of amides is 3. The molecular formula is C16H21N3O2. The van der Waals surface area contributed by atoms with Gasteiger partial charge in [-0.1, -0.05) is 49.6 Å². The minimum absolute atomic E-state index is 0.0784. The molecule has 0 spiro atoms. The lowest BCUT2D eigenvalue weighted by Crippen LogP contribution is -2.62. The normalized spacial score (nSPS) is 20.6. The van der Waals surface area contributed by atoms with Gasteiger partial charge in [0.25, 0.3) is 5.91 Å². The fourth-order valence-corrected chi connectivity index (χ4v) is 3.16. The van der Waals surface area contributed by atoms with Crippen LogP contribution in [0.5, 0.6) is 0 Å². The van der Waals surface area contributed by atoms with E-state index in [2.05, 4.69) is 5.43 Å². The number of rotatable bonds is 3. The van der Waals surface area contributed by atoms with Gasteiger partial charge in [-0.3, -0.25) is 10.2 Å². The van der Waals surface area contributed by atoms with Gasteiger partial charge in [-0.2, -0.15) is 0 Å². The maximum atomic E-state index is 12.6. The number of urea groups is 1. The summed E-state index contributed by atoms with van der Waals surface area (Å²) in [6.45, 7) is 0.601. The highest BCUT2D eigenvalue weighted by atomic mass is 16.2. The van der Waals surface area contributed by atoms with Crippen LogP contribution in [0.25, 0.3) is 0 Å². The number of hydrazine groups is 1. The molecule has 112 valence electrons. The van der Waals surface area contributed by atoms with Crippen molar-refractivity contribution < 1.29 is 9.59 Å². The average molecular weight is 287 g/mol. The van der Waals surface area contributed by atoms with Crippen molar-refractivity contribution in [1.82, 2.24) is 15.3 Å². The van der Waals surface area contributed by atoms with Crippen LogP contribution in [0.3, 0.4) is 0 Å². The number of hydrogen-bond acceptors (Lipinski definition) is 2. The van der Waals surface area contributed by atoms with Crippen molar-refractivity contribution in [2.24, 2.45) is 0 Å². The van der Waals surface area contributed by atoms with Crippen molar-refractivity contribution in [1.29, 1.82) is 0 Å². The molecule has 0 bridgehead atoms. The molecule has 0 radical (unpaired) electrons. The number of benzene rings is 1. The highest BCUT2D eigenvalue weighted by molar-refractivity contribution is 5.89. The van der Waals surface area contributed by atoms with E-state index in [0.717, 1.165) is 31.2 Å². The Morgan fingerprint density at radius 3 is 2.48 bits per heavy atom. The molecule has 3 amide bonds. The van der Waals surface area contributed by atoms with Gasteiger partial charge in [-0.15, -0.1) is 0 Å². The molecule has 21 heavy (non-hydrogen) atoms. The summed E-state index contributed by atoms with van der Waals surface area (Å²) in [7, 11) is 0. The van der Waals surface area contributed by atoms with Crippen molar-refractivity contribution in [3.8, 4) is 0 Å². The molecular weight excluding hydrogens is 266 g/mol. The molecule has 1 aromatic carbocycles. The standard InChI is InChI=1S/C16H21N3O2/c20-15-12-18(14-9-5-2-6-10-14)16(21)19(17-15)11-13-7-3-1-4-8-13/h1,3-4,7-8,14H,2,5-6,9-12H2,(H,17,20). The van der Waals surface area contributed by atoms with Gasteiger partial charge in [0.1, 0.15) is 6.54 Å². The molecule has 1 heterocycles. The molecule has 1 aromatic rings. The molecule has 0 aromatic heterocycles. The minimum atomic E-state index is -0.101. The van der Waals surface area contributed by atoms with Crippen LogP contribution in [0.2, 0.25) is 0 Å². The first kappa shape index (κ1) is 13.9. The van der Waals surface area contributed by atoms with Crippen molar-refractivity contribution in [2.45, 2.75) is 44.7 Å². The Morgan fingerprint density at radius 1 is 1.05 bits per heavy atom. The largest absolute Gasteiger partial charge is 0.339 e. The van der Waals surface area contributed by atoms with Crippen molar-refractivity contribution in [3.05, 3.63) is 35.9 Å². The summed E-state index contributed by atoms with van der Waals surface area (Å²) in [4.78, 5) is 26.3. The molecule has 1 aliphatic heterocycles. The summed E-state index contributed by atoms with van der Waals surface area (Å²) in [5, 5.41) is 1.44. The van der Waals surface area contributed by atoms with Gasteiger partial charge in [-0.25, -0.2) is 9.80 Å². The monoisotopic (exact) mass is 287 g/mol. The zero-order valence-corrected chi connectivity index (χ0v) is 12.1. The highest BCUT2D eigenvalue weighted by Gasteiger charge is 2.35. The third kappa shape index (κ3) is 3.17. The van der Waals surface area contributed by atoms with Crippen molar-refractivity contribution >= 4 is 11.9 Å². The number of hydrogen-bond donors (Lipinski definition) is 1. The minimum Gasteiger partial charge on any atom is -0.311 e. The average Bonchev–Trinajstić information content (AvgIpc) is 2.52. The highest BCUT2D eigenvalue weighted by Crippen LogP contribution is 2.24. The number of carbonyl (C=O) groups excluding carboxylic acids is 2. The van der Waals surface area contributed by atoms with E-state index in [4.69, 9.17) is 0 Å². The Bertz CT molecular complexity index is 512. The van der Waals surface area contributed by atoms with Crippen LogP contribution in [0.4, 0.5) is 4.79 Å². The summed E-state index contributed by atoms with van der Waals surface area (Å²) in [5.41, 5.74) is 3.70. The third-order valence-corrected chi connectivity index (χ3v) is 4.25. The first-order valence-corrected chi connectivity index (χ1v) is 7.65. The molecule has 1 N–H and O–H groups in total. The Morgan fingerprint density at radius 2 is 1.76 bits per heavy atom. The fraction of sp³-hybridized carbons (Fsp3) is 0.500. The third-order valence-electron chi connectivity index (χ3n) is 4.25. The van der Waals surface area contributed by atoms with Crippen LogP contribution in [-0.2, 0) is 11.3 Å². The van der Waals surface area contributed by atoms with E-state index in [-0.39, 0.29) is 24.5 Å². The molecule has 3 rings (SSSR count). The molecule has 1 saturated carbocycles. The van der Waals surface area contributed by atoms with E-state index in [0.29, 0.717) is 6.54 Å². The number of nitrogens with one attached hydrogen (secondary N) is 1. The van der Waals surface area contributed by atoms with E-state index in [1.165, 1.54) is 11.4 Å². The van der Waals surface area contributed by atoms with E-state index in [9.17, 15) is 9.59 Å². The second-order valence-corrected chi connectivity index (χ2v) is 5.81. The predicted molar refractivity (Wildman–Crippen MR) is 79.1 cm³/mol. The lowest BCUT2D eigenvalue weighted by molar-refractivity contribution is -0.129. The van der Waals surface area contributed by atoms with E-state index in [1.54, 1.807) is 4.90 Å². The van der Waals surface area contributed by atoms with Crippen LogP contribution in [0.15, 0.2) is 30.3 Å². The molecule has 0 atom stereocenters. The molecule has 1 aliphatic carbocycles. The topological polar surface area (TPSA) is 52.7 Å². The Labute approximate surface area is 124 Å². The molecule has 5 nitrogen and oxygen atoms in total. The number of carbonyl (C=O) groups is 2. The van der Waals surface area contributed by atoms with Gasteiger partial charge in [0.2, 0.25) is 0 Å². The quantitative estimate of drug-likeness (QED) is 0.927. The van der Waals surface area contributed by atoms with Gasteiger partial charge in [-0.05, 0) is 18.4 Å². The predicted octanol–water partition coefficient (Wildman–Crippen LogP) is 2.29. The van der Waals surface area contributed by atoms with Gasteiger partial charge >= 0.3 is 6.03 Å². The van der Waals surface area contributed by atoms with Gasteiger partial charge in [0, 0.05) is 6.04 Å². The van der Waals surface area contributed by atoms with E-state index >= 15 is 0 Å². The van der Waals surface area contributed by atoms with Crippen LogP contribution in [-0.4, -0.2) is 34.4 Å². The van der Waals surface area contributed by atoms with E-state index in [1.807, 2.05) is 30.3 Å². The second-order valence-electron chi connectivity index (χ2n) is 5.81. The zero-order chi connectivity index (χ0) is 14.7. The lowest BCUT2D eigenvalue weighted by Gasteiger charge is -2.41. The molecule has 2 fully saturated rings. The van der Waals surface area contributed by atoms with Gasteiger partial charge in [0.05, 0.1) is 6.54 Å². The lowest BCUT2D eigenvalue weighted by atomic mass is 9.94. The Balaban J connectivity index is 1.72. The second kappa shape index (κ2) is 6.16. The first-order valence-electron chi connectivity index (χ1n) is 7.65. The maximum Gasteiger partial charge on any atom is 0.339 e. The number of nitrogens with zero attached hydrogens (tertiary/aromatic N) is 2. The smallest absolute Gasteiger partial charge is 0.311 e. The molecule has 2 aliphatic rings. The first-order chi connectivity index (χ1) is 10.2.